The molecule has 1 aromatic heterocycles. The summed E-state index contributed by atoms with van der Waals surface area (Å²) in [6, 6.07) is 6.86. The first-order valence-electron chi connectivity index (χ1n) is 6.10. The molecule has 0 saturated heterocycles. The van der Waals surface area contributed by atoms with Crippen molar-refractivity contribution in [1.82, 2.24) is 14.8 Å². The van der Waals surface area contributed by atoms with Crippen molar-refractivity contribution in [3.63, 3.8) is 0 Å². The maximum atomic E-state index is 10.4. The molecule has 2 rings (SSSR count). The summed E-state index contributed by atoms with van der Waals surface area (Å²) >= 11 is 5.84. The van der Waals surface area contributed by atoms with Gasteiger partial charge in [0.25, 0.3) is 5.88 Å². The van der Waals surface area contributed by atoms with Crippen LogP contribution in [0, 0.1) is 5.41 Å². The van der Waals surface area contributed by atoms with Gasteiger partial charge >= 0.3 is 0 Å². The minimum Gasteiger partial charge on any atom is -0.506 e. The molecule has 0 aliphatic heterocycles. The van der Waals surface area contributed by atoms with E-state index in [4.69, 9.17) is 16.3 Å². The molecule has 0 atom stereocenters. The number of hydrogen-bond donors (Lipinski definition) is 1. The van der Waals surface area contributed by atoms with Gasteiger partial charge in [0.05, 0.1) is 0 Å². The minimum absolute atomic E-state index is 0.0814. The van der Waals surface area contributed by atoms with Gasteiger partial charge in [0.1, 0.15) is 18.4 Å². The summed E-state index contributed by atoms with van der Waals surface area (Å²) in [4.78, 5) is 3.87. The SMILES string of the molecule is CC(C)(C)/C(O)=C(/Oc1ccc(Cl)cc1)n1cncn1. The van der Waals surface area contributed by atoms with E-state index >= 15 is 0 Å². The maximum absolute atomic E-state index is 10.4. The van der Waals surface area contributed by atoms with Gasteiger partial charge in [-0.1, -0.05) is 32.4 Å². The number of nitrogens with zero attached hydrogens (tertiary/aromatic N) is 3. The van der Waals surface area contributed by atoms with Gasteiger partial charge in [-0.05, 0) is 24.3 Å². The fourth-order valence-electron chi connectivity index (χ4n) is 1.45. The number of aliphatic hydroxyl groups is 1. The maximum Gasteiger partial charge on any atom is 0.261 e. The fraction of sp³-hybridized carbons (Fsp3) is 0.286. The van der Waals surface area contributed by atoms with Gasteiger partial charge in [0.2, 0.25) is 0 Å². The normalized spacial score (nSPS) is 13.0. The predicted octanol–water partition coefficient (Wildman–Crippen LogP) is 3.74. The molecule has 20 heavy (non-hydrogen) atoms. The molecule has 0 bridgehead atoms. The van der Waals surface area contributed by atoms with Crippen LogP contribution >= 0.6 is 11.6 Å². The van der Waals surface area contributed by atoms with Gasteiger partial charge in [0, 0.05) is 10.4 Å². The Kier molecular flexibility index (Phi) is 3.99. The van der Waals surface area contributed by atoms with Crippen molar-refractivity contribution >= 4 is 17.5 Å². The summed E-state index contributed by atoms with van der Waals surface area (Å²) in [5, 5.41) is 15.0. The largest absolute Gasteiger partial charge is 0.506 e. The Balaban J connectivity index is 2.41. The van der Waals surface area contributed by atoms with Crippen LogP contribution in [0.1, 0.15) is 20.8 Å². The Hall–Kier alpha value is -2.01. The fourth-order valence-corrected chi connectivity index (χ4v) is 1.58. The lowest BCUT2D eigenvalue weighted by Gasteiger charge is -2.21. The molecule has 2 aromatic rings. The van der Waals surface area contributed by atoms with Crippen LogP contribution in [0.25, 0.3) is 5.88 Å². The van der Waals surface area contributed by atoms with Gasteiger partial charge in [-0.3, -0.25) is 0 Å². The third-order valence-electron chi connectivity index (χ3n) is 2.57. The van der Waals surface area contributed by atoms with Gasteiger partial charge in [-0.2, -0.15) is 9.78 Å². The standard InChI is InChI=1S/C14H16ClN3O2/c1-14(2,3)12(19)13(18-9-16-8-17-18)20-11-6-4-10(15)5-7-11/h4-9,19H,1-3H3/b13-12-. The number of benzene rings is 1. The molecule has 0 amide bonds. The second-order valence-electron chi connectivity index (χ2n) is 5.30. The summed E-state index contributed by atoms with van der Waals surface area (Å²) in [5.41, 5.74) is -0.478. The van der Waals surface area contributed by atoms with Crippen LogP contribution in [-0.2, 0) is 0 Å². The molecule has 0 fully saturated rings. The average molecular weight is 294 g/mol. The molecule has 0 aliphatic rings. The number of halogens is 1. The molecule has 6 heteroatoms. The Morgan fingerprint density at radius 3 is 2.40 bits per heavy atom. The van der Waals surface area contributed by atoms with E-state index in [1.807, 2.05) is 20.8 Å². The zero-order valence-electron chi connectivity index (χ0n) is 11.5. The molecule has 0 spiro atoms. The number of aromatic nitrogens is 3. The van der Waals surface area contributed by atoms with E-state index in [9.17, 15) is 5.11 Å². The predicted molar refractivity (Wildman–Crippen MR) is 77.4 cm³/mol. The Bertz CT molecular complexity index is 598. The minimum atomic E-state index is -0.478. The molecule has 0 radical (unpaired) electrons. The first-order chi connectivity index (χ1) is 9.38. The number of rotatable bonds is 3. The first kappa shape index (κ1) is 14.4. The molecule has 0 saturated carbocycles. The Morgan fingerprint density at radius 2 is 1.90 bits per heavy atom. The molecule has 1 N–H and O–H groups in total. The lowest BCUT2D eigenvalue weighted by Crippen LogP contribution is -2.17. The Morgan fingerprint density at radius 1 is 1.25 bits per heavy atom. The second kappa shape index (κ2) is 5.54. The van der Waals surface area contributed by atoms with Gasteiger partial charge < -0.3 is 9.84 Å². The van der Waals surface area contributed by atoms with Crippen molar-refractivity contribution in [2.24, 2.45) is 5.41 Å². The van der Waals surface area contributed by atoms with Crippen LogP contribution < -0.4 is 4.74 Å². The van der Waals surface area contributed by atoms with Gasteiger partial charge in [-0.25, -0.2) is 4.98 Å². The number of hydrogen-bond acceptors (Lipinski definition) is 4. The summed E-state index contributed by atoms with van der Waals surface area (Å²) < 4.78 is 7.12. The molecule has 1 aromatic carbocycles. The van der Waals surface area contributed by atoms with E-state index in [0.29, 0.717) is 10.8 Å². The average Bonchev–Trinajstić information content (AvgIpc) is 2.90. The highest BCUT2D eigenvalue weighted by atomic mass is 35.5. The van der Waals surface area contributed by atoms with Crippen molar-refractivity contribution in [1.29, 1.82) is 0 Å². The van der Waals surface area contributed by atoms with E-state index in [2.05, 4.69) is 10.1 Å². The van der Waals surface area contributed by atoms with Crippen LogP contribution in [0.5, 0.6) is 5.75 Å². The second-order valence-corrected chi connectivity index (χ2v) is 5.74. The van der Waals surface area contributed by atoms with E-state index in [1.165, 1.54) is 17.3 Å². The topological polar surface area (TPSA) is 60.2 Å². The monoisotopic (exact) mass is 293 g/mol. The zero-order valence-corrected chi connectivity index (χ0v) is 12.3. The summed E-state index contributed by atoms with van der Waals surface area (Å²) in [7, 11) is 0. The van der Waals surface area contributed by atoms with Crippen molar-refractivity contribution < 1.29 is 9.84 Å². The van der Waals surface area contributed by atoms with E-state index in [0.717, 1.165) is 0 Å². The molecular weight excluding hydrogens is 278 g/mol. The van der Waals surface area contributed by atoms with Crippen LogP contribution in [0.15, 0.2) is 42.7 Å². The zero-order chi connectivity index (χ0) is 14.8. The highest BCUT2D eigenvalue weighted by molar-refractivity contribution is 6.30. The third kappa shape index (κ3) is 3.30. The molecule has 5 nitrogen and oxygen atoms in total. The van der Waals surface area contributed by atoms with E-state index < -0.39 is 5.41 Å². The highest BCUT2D eigenvalue weighted by Crippen LogP contribution is 2.29. The van der Waals surface area contributed by atoms with Crippen molar-refractivity contribution in [3.05, 3.63) is 47.7 Å². The number of ether oxygens (including phenoxy) is 1. The van der Waals surface area contributed by atoms with Crippen LogP contribution in [0.2, 0.25) is 5.02 Å². The van der Waals surface area contributed by atoms with Crippen LogP contribution in [0.3, 0.4) is 0 Å². The van der Waals surface area contributed by atoms with E-state index in [1.54, 1.807) is 24.3 Å². The molecule has 0 unspecified atom stereocenters. The third-order valence-corrected chi connectivity index (χ3v) is 2.82. The lowest BCUT2D eigenvalue weighted by atomic mass is 9.94. The van der Waals surface area contributed by atoms with Gasteiger partial charge in [-0.15, -0.1) is 0 Å². The molecule has 0 aliphatic carbocycles. The van der Waals surface area contributed by atoms with Crippen molar-refractivity contribution in [2.45, 2.75) is 20.8 Å². The van der Waals surface area contributed by atoms with Crippen molar-refractivity contribution in [3.8, 4) is 5.75 Å². The summed E-state index contributed by atoms with van der Waals surface area (Å²) in [6.07, 6.45) is 2.84. The summed E-state index contributed by atoms with van der Waals surface area (Å²) in [6.45, 7) is 5.64. The number of allylic oxidation sites excluding steroid dienone is 1. The quantitative estimate of drug-likeness (QED) is 0.876. The molecule has 1 heterocycles. The van der Waals surface area contributed by atoms with E-state index in [-0.39, 0.29) is 11.6 Å². The lowest BCUT2D eigenvalue weighted by molar-refractivity contribution is 0.257. The van der Waals surface area contributed by atoms with Crippen molar-refractivity contribution in [2.75, 3.05) is 0 Å². The molecule has 106 valence electrons. The van der Waals surface area contributed by atoms with Gasteiger partial charge in [0.15, 0.2) is 5.76 Å². The number of aliphatic hydroxyl groups excluding tert-OH is 1. The van der Waals surface area contributed by atoms with Crippen LogP contribution in [0.4, 0.5) is 0 Å². The highest BCUT2D eigenvalue weighted by Gasteiger charge is 2.24. The van der Waals surface area contributed by atoms with Crippen LogP contribution in [-0.4, -0.2) is 19.9 Å². The first-order valence-corrected chi connectivity index (χ1v) is 6.48. The Labute approximate surface area is 122 Å². The smallest absolute Gasteiger partial charge is 0.261 e. The molecular formula is C14H16ClN3O2. The summed E-state index contributed by atoms with van der Waals surface area (Å²) in [5.74, 6) is 0.853.